The molecule has 1 aliphatic rings. The zero-order valence-corrected chi connectivity index (χ0v) is 9.28. The molecule has 0 aromatic carbocycles. The minimum absolute atomic E-state index is 0.459. The van der Waals surface area contributed by atoms with Gasteiger partial charge in [0, 0.05) is 0 Å². The van der Waals surface area contributed by atoms with E-state index in [2.05, 4.69) is 6.92 Å². The minimum Gasteiger partial charge on any atom is -0.229 e. The van der Waals surface area contributed by atoms with E-state index in [0.29, 0.717) is 17.4 Å². The predicted molar refractivity (Wildman–Crippen MR) is 55.5 cm³/mol. The molecule has 0 bridgehead atoms. The van der Waals surface area contributed by atoms with Crippen molar-refractivity contribution in [2.45, 2.75) is 45.4 Å². The van der Waals surface area contributed by atoms with Crippen molar-refractivity contribution in [2.24, 2.45) is 5.92 Å². The Morgan fingerprint density at radius 1 is 1.08 bits per heavy atom. The van der Waals surface area contributed by atoms with Crippen LogP contribution in [-0.4, -0.2) is 19.9 Å². The van der Waals surface area contributed by atoms with Crippen LogP contribution >= 0.6 is 0 Å². The molecule has 0 aromatic heterocycles. The molecule has 0 aromatic rings. The fraction of sp³-hybridized carbons (Fsp3) is 1.00. The predicted octanol–water partition coefficient (Wildman–Crippen LogP) is 2.39. The molecule has 1 fully saturated rings. The number of unbranched alkanes of at least 4 members (excludes halogenated alkanes) is 4. The van der Waals surface area contributed by atoms with Gasteiger partial charge in [0.25, 0.3) is 0 Å². The quantitative estimate of drug-likeness (QED) is 0.623. The van der Waals surface area contributed by atoms with Crippen LogP contribution in [0.1, 0.15) is 45.4 Å². The van der Waals surface area contributed by atoms with Gasteiger partial charge in [0.1, 0.15) is 0 Å². The summed E-state index contributed by atoms with van der Waals surface area (Å²) < 4.78 is 21.7. The summed E-state index contributed by atoms with van der Waals surface area (Å²) in [7, 11) is -2.58. The van der Waals surface area contributed by atoms with Crippen LogP contribution in [0.4, 0.5) is 0 Å². The molecule has 13 heavy (non-hydrogen) atoms. The Labute approximate surface area is 81.6 Å². The Balaban J connectivity index is 1.91. The van der Waals surface area contributed by atoms with Crippen LogP contribution < -0.4 is 0 Å². The molecule has 0 aliphatic carbocycles. The molecule has 1 saturated heterocycles. The first kappa shape index (κ1) is 11.0. The monoisotopic (exact) mass is 204 g/mol. The summed E-state index contributed by atoms with van der Waals surface area (Å²) in [6.07, 6.45) is 7.55. The SMILES string of the molecule is CCCCCCCC1CS(=O)(=O)C1. The standard InChI is InChI=1S/C10H20O2S/c1-2-3-4-5-6-7-10-8-13(11,12)9-10/h10H,2-9H2,1H3. The van der Waals surface area contributed by atoms with Crippen molar-refractivity contribution in [1.82, 2.24) is 0 Å². The topological polar surface area (TPSA) is 34.1 Å². The van der Waals surface area contributed by atoms with Crippen LogP contribution in [0.15, 0.2) is 0 Å². The highest BCUT2D eigenvalue weighted by Gasteiger charge is 2.32. The maximum Gasteiger partial charge on any atom is 0.150 e. The Kier molecular flexibility index (Phi) is 4.23. The van der Waals surface area contributed by atoms with E-state index in [4.69, 9.17) is 0 Å². The van der Waals surface area contributed by atoms with Gasteiger partial charge in [-0.05, 0) is 12.3 Å². The van der Waals surface area contributed by atoms with Gasteiger partial charge in [-0.1, -0.05) is 39.0 Å². The Hall–Kier alpha value is -0.0500. The van der Waals surface area contributed by atoms with Crippen LogP contribution in [0.5, 0.6) is 0 Å². The van der Waals surface area contributed by atoms with Crippen LogP contribution in [-0.2, 0) is 9.84 Å². The van der Waals surface area contributed by atoms with E-state index in [1.54, 1.807) is 0 Å². The first-order valence-corrected chi connectivity index (χ1v) is 7.16. The van der Waals surface area contributed by atoms with E-state index >= 15 is 0 Å². The summed E-state index contributed by atoms with van der Waals surface area (Å²) in [5.41, 5.74) is 0. The molecule has 0 N–H and O–H groups in total. The molecule has 0 atom stereocenters. The summed E-state index contributed by atoms with van der Waals surface area (Å²) in [6, 6.07) is 0. The Bertz CT molecular complexity index is 219. The fourth-order valence-corrected chi connectivity index (χ4v) is 3.54. The van der Waals surface area contributed by atoms with Crippen LogP contribution in [0.2, 0.25) is 0 Å². The molecule has 78 valence electrons. The third-order valence-corrected chi connectivity index (χ3v) is 4.65. The second kappa shape index (κ2) is 4.99. The highest BCUT2D eigenvalue weighted by Crippen LogP contribution is 2.23. The highest BCUT2D eigenvalue weighted by molar-refractivity contribution is 7.92. The van der Waals surface area contributed by atoms with Crippen molar-refractivity contribution in [3.63, 3.8) is 0 Å². The lowest BCUT2D eigenvalue weighted by molar-refractivity contribution is 0.471. The maximum absolute atomic E-state index is 10.8. The number of sulfone groups is 1. The van der Waals surface area contributed by atoms with Gasteiger partial charge in [0.05, 0.1) is 11.5 Å². The average molecular weight is 204 g/mol. The first-order valence-electron chi connectivity index (χ1n) is 5.34. The van der Waals surface area contributed by atoms with E-state index in [0.717, 1.165) is 6.42 Å². The summed E-state index contributed by atoms with van der Waals surface area (Å²) in [5, 5.41) is 0. The van der Waals surface area contributed by atoms with Gasteiger partial charge in [-0.25, -0.2) is 8.42 Å². The summed E-state index contributed by atoms with van der Waals surface area (Å²) in [5.74, 6) is 1.41. The van der Waals surface area contributed by atoms with E-state index in [9.17, 15) is 8.42 Å². The van der Waals surface area contributed by atoms with Gasteiger partial charge in [-0.2, -0.15) is 0 Å². The third-order valence-electron chi connectivity index (χ3n) is 2.70. The molecule has 0 saturated carbocycles. The fourth-order valence-electron chi connectivity index (χ4n) is 1.87. The van der Waals surface area contributed by atoms with Crippen LogP contribution in [0.3, 0.4) is 0 Å². The zero-order chi connectivity index (χ0) is 9.73. The van der Waals surface area contributed by atoms with Crippen molar-refractivity contribution in [1.29, 1.82) is 0 Å². The number of rotatable bonds is 6. The molecule has 0 radical (unpaired) electrons. The third kappa shape index (κ3) is 4.12. The molecule has 3 heteroatoms. The van der Waals surface area contributed by atoms with E-state index in [1.165, 1.54) is 32.1 Å². The molecule has 0 spiro atoms. The van der Waals surface area contributed by atoms with Crippen molar-refractivity contribution in [2.75, 3.05) is 11.5 Å². The molecule has 1 heterocycles. The second-order valence-corrected chi connectivity index (χ2v) is 6.30. The molecule has 1 rings (SSSR count). The van der Waals surface area contributed by atoms with Crippen molar-refractivity contribution in [3.05, 3.63) is 0 Å². The smallest absolute Gasteiger partial charge is 0.150 e. The van der Waals surface area contributed by atoms with Crippen molar-refractivity contribution < 1.29 is 8.42 Å². The normalized spacial score (nSPS) is 21.3. The van der Waals surface area contributed by atoms with Crippen molar-refractivity contribution in [3.8, 4) is 0 Å². The molecule has 2 nitrogen and oxygen atoms in total. The number of hydrogen-bond acceptors (Lipinski definition) is 2. The Morgan fingerprint density at radius 2 is 1.69 bits per heavy atom. The highest BCUT2D eigenvalue weighted by atomic mass is 32.2. The lowest BCUT2D eigenvalue weighted by Crippen LogP contribution is -2.35. The Morgan fingerprint density at radius 3 is 2.23 bits per heavy atom. The lowest BCUT2D eigenvalue weighted by Gasteiger charge is -2.25. The maximum atomic E-state index is 10.8. The summed E-state index contributed by atoms with van der Waals surface area (Å²) >= 11 is 0. The first-order chi connectivity index (χ1) is 6.14. The average Bonchev–Trinajstić information content (AvgIpc) is 2.00. The molecular formula is C10H20O2S. The van der Waals surface area contributed by atoms with Gasteiger partial charge < -0.3 is 0 Å². The van der Waals surface area contributed by atoms with Gasteiger partial charge >= 0.3 is 0 Å². The lowest BCUT2D eigenvalue weighted by atomic mass is 10.0. The zero-order valence-electron chi connectivity index (χ0n) is 8.46. The summed E-state index contributed by atoms with van der Waals surface area (Å²) in [6.45, 7) is 2.21. The minimum atomic E-state index is -2.58. The van der Waals surface area contributed by atoms with Gasteiger partial charge in [0.15, 0.2) is 9.84 Å². The van der Waals surface area contributed by atoms with E-state index < -0.39 is 9.84 Å². The van der Waals surface area contributed by atoms with Crippen LogP contribution in [0, 0.1) is 5.92 Å². The number of hydrogen-bond donors (Lipinski definition) is 0. The van der Waals surface area contributed by atoms with Crippen molar-refractivity contribution >= 4 is 9.84 Å². The molecule has 0 amide bonds. The van der Waals surface area contributed by atoms with Gasteiger partial charge in [-0.15, -0.1) is 0 Å². The molecular weight excluding hydrogens is 184 g/mol. The van der Waals surface area contributed by atoms with Crippen LogP contribution in [0.25, 0.3) is 0 Å². The van der Waals surface area contributed by atoms with E-state index in [-0.39, 0.29) is 0 Å². The largest absolute Gasteiger partial charge is 0.229 e. The molecule has 1 aliphatic heterocycles. The summed E-state index contributed by atoms with van der Waals surface area (Å²) in [4.78, 5) is 0. The van der Waals surface area contributed by atoms with Gasteiger partial charge in [0.2, 0.25) is 0 Å². The van der Waals surface area contributed by atoms with Gasteiger partial charge in [-0.3, -0.25) is 0 Å². The van der Waals surface area contributed by atoms with E-state index in [1.807, 2.05) is 0 Å². The molecule has 0 unspecified atom stereocenters. The second-order valence-electron chi connectivity index (χ2n) is 4.15.